The Morgan fingerprint density at radius 3 is 2.58 bits per heavy atom. The highest BCUT2D eigenvalue weighted by Gasteiger charge is 2.20. The highest BCUT2D eigenvalue weighted by Crippen LogP contribution is 2.15. The minimum absolute atomic E-state index is 0.371. The lowest BCUT2D eigenvalue weighted by molar-refractivity contribution is 0.0386. The molecular formula is C14H21NO3S. The van der Waals surface area contributed by atoms with Gasteiger partial charge in [0.1, 0.15) is 0 Å². The first-order chi connectivity index (χ1) is 8.97. The van der Waals surface area contributed by atoms with Gasteiger partial charge in [-0.2, -0.15) is 0 Å². The lowest BCUT2D eigenvalue weighted by atomic mass is 9.97. The van der Waals surface area contributed by atoms with Crippen LogP contribution in [0.1, 0.15) is 18.9 Å². The molecular weight excluding hydrogens is 262 g/mol. The van der Waals surface area contributed by atoms with Crippen molar-refractivity contribution in [3.05, 3.63) is 29.8 Å². The summed E-state index contributed by atoms with van der Waals surface area (Å²) in [6.07, 6.45) is 2.26. The number of hydrogen-bond donors (Lipinski definition) is 1. The number of rotatable bonds is 4. The predicted octanol–water partition coefficient (Wildman–Crippen LogP) is 1.60. The van der Waals surface area contributed by atoms with Crippen LogP contribution < -0.4 is 5.32 Å². The number of ether oxygens (including phenoxy) is 1. The van der Waals surface area contributed by atoms with Crippen molar-refractivity contribution in [3.8, 4) is 0 Å². The fourth-order valence-corrected chi connectivity index (χ4v) is 2.92. The largest absolute Gasteiger partial charge is 0.381 e. The summed E-state index contributed by atoms with van der Waals surface area (Å²) in [4.78, 5) is 0.371. The molecule has 1 aromatic carbocycles. The fraction of sp³-hybridized carbons (Fsp3) is 0.571. The first-order valence-corrected chi connectivity index (χ1v) is 8.46. The molecule has 19 heavy (non-hydrogen) atoms. The van der Waals surface area contributed by atoms with Gasteiger partial charge >= 0.3 is 0 Å². The minimum Gasteiger partial charge on any atom is -0.381 e. The Balaban J connectivity index is 1.93. The maximum Gasteiger partial charge on any atom is 0.175 e. The van der Waals surface area contributed by atoms with Crippen molar-refractivity contribution >= 4 is 9.84 Å². The zero-order valence-electron chi connectivity index (χ0n) is 11.4. The van der Waals surface area contributed by atoms with Gasteiger partial charge in [-0.25, -0.2) is 8.42 Å². The van der Waals surface area contributed by atoms with Gasteiger partial charge in [0, 0.05) is 25.4 Å². The standard InChI is InChI=1S/C14H21NO3S/c1-11-10-18-8-7-14(11)15-9-12-3-5-13(6-4-12)19(2,16)17/h3-6,11,14-15H,7-10H2,1-2H3. The molecule has 2 rings (SSSR count). The van der Waals surface area contributed by atoms with Crippen LogP contribution in [0.2, 0.25) is 0 Å². The lowest BCUT2D eigenvalue weighted by Gasteiger charge is -2.29. The van der Waals surface area contributed by atoms with E-state index in [1.165, 1.54) is 6.26 Å². The predicted molar refractivity (Wildman–Crippen MR) is 74.8 cm³/mol. The van der Waals surface area contributed by atoms with Crippen molar-refractivity contribution in [1.29, 1.82) is 0 Å². The second-order valence-electron chi connectivity index (χ2n) is 5.24. The van der Waals surface area contributed by atoms with Crippen LogP contribution in [-0.4, -0.2) is 33.9 Å². The molecule has 1 N–H and O–H groups in total. The van der Waals surface area contributed by atoms with E-state index in [1.54, 1.807) is 12.1 Å². The highest BCUT2D eigenvalue weighted by molar-refractivity contribution is 7.90. The Bertz CT molecular complexity index is 510. The van der Waals surface area contributed by atoms with Crippen LogP contribution in [-0.2, 0) is 21.1 Å². The van der Waals surface area contributed by atoms with Crippen LogP contribution in [0.3, 0.4) is 0 Å². The summed E-state index contributed by atoms with van der Waals surface area (Å²) in [7, 11) is -3.10. The molecule has 0 saturated carbocycles. The van der Waals surface area contributed by atoms with E-state index in [4.69, 9.17) is 4.74 Å². The Morgan fingerprint density at radius 1 is 1.32 bits per heavy atom. The van der Waals surface area contributed by atoms with E-state index in [-0.39, 0.29) is 0 Å². The normalized spacial score (nSPS) is 24.3. The van der Waals surface area contributed by atoms with Crippen molar-refractivity contribution in [3.63, 3.8) is 0 Å². The van der Waals surface area contributed by atoms with Gasteiger partial charge in [-0.1, -0.05) is 19.1 Å². The van der Waals surface area contributed by atoms with Gasteiger partial charge in [-0.3, -0.25) is 0 Å². The summed E-state index contributed by atoms with van der Waals surface area (Å²) < 4.78 is 28.1. The molecule has 0 radical (unpaired) electrons. The van der Waals surface area contributed by atoms with E-state index in [0.29, 0.717) is 16.9 Å². The third kappa shape index (κ3) is 4.03. The molecule has 1 aromatic rings. The van der Waals surface area contributed by atoms with Crippen LogP contribution in [0, 0.1) is 5.92 Å². The van der Waals surface area contributed by atoms with E-state index in [1.807, 2.05) is 12.1 Å². The topological polar surface area (TPSA) is 55.4 Å². The summed E-state index contributed by atoms with van der Waals surface area (Å²) in [6, 6.07) is 7.55. The SMILES string of the molecule is CC1COCCC1NCc1ccc(S(C)(=O)=O)cc1. The second kappa shape index (κ2) is 6.03. The molecule has 1 aliphatic heterocycles. The average Bonchev–Trinajstić information content (AvgIpc) is 2.37. The van der Waals surface area contributed by atoms with E-state index in [9.17, 15) is 8.42 Å². The van der Waals surface area contributed by atoms with Crippen LogP contribution in [0.15, 0.2) is 29.2 Å². The van der Waals surface area contributed by atoms with Crippen molar-refractivity contribution in [2.75, 3.05) is 19.5 Å². The first kappa shape index (κ1) is 14.5. The summed E-state index contributed by atoms with van der Waals surface area (Å²) in [5.74, 6) is 0.518. The number of benzene rings is 1. The zero-order valence-corrected chi connectivity index (χ0v) is 12.2. The van der Waals surface area contributed by atoms with Gasteiger partial charge in [0.2, 0.25) is 0 Å². The highest BCUT2D eigenvalue weighted by atomic mass is 32.2. The smallest absolute Gasteiger partial charge is 0.175 e. The molecule has 2 unspecified atom stereocenters. The molecule has 106 valence electrons. The molecule has 0 bridgehead atoms. The van der Waals surface area contributed by atoms with E-state index >= 15 is 0 Å². The summed E-state index contributed by atoms with van der Waals surface area (Å²) >= 11 is 0. The molecule has 0 aromatic heterocycles. The van der Waals surface area contributed by atoms with Crippen molar-refractivity contribution in [2.45, 2.75) is 30.8 Å². The monoisotopic (exact) mass is 283 g/mol. The third-order valence-electron chi connectivity index (χ3n) is 3.56. The van der Waals surface area contributed by atoms with Gasteiger partial charge < -0.3 is 10.1 Å². The molecule has 0 aliphatic carbocycles. The summed E-state index contributed by atoms with van der Waals surface area (Å²) in [5, 5.41) is 3.52. The molecule has 1 saturated heterocycles. The molecule has 5 heteroatoms. The maximum absolute atomic E-state index is 11.4. The first-order valence-electron chi connectivity index (χ1n) is 6.57. The quantitative estimate of drug-likeness (QED) is 0.912. The molecule has 0 amide bonds. The minimum atomic E-state index is -3.10. The van der Waals surface area contributed by atoms with Crippen LogP contribution in [0.4, 0.5) is 0 Å². The number of hydrogen-bond acceptors (Lipinski definition) is 4. The molecule has 1 fully saturated rings. The van der Waals surface area contributed by atoms with Gasteiger partial charge in [0.05, 0.1) is 11.5 Å². The summed E-state index contributed by atoms with van der Waals surface area (Å²) in [6.45, 7) is 4.57. The van der Waals surface area contributed by atoms with Crippen LogP contribution in [0.5, 0.6) is 0 Å². The molecule has 2 atom stereocenters. The van der Waals surface area contributed by atoms with Crippen LogP contribution >= 0.6 is 0 Å². The Kier molecular flexibility index (Phi) is 4.60. The maximum atomic E-state index is 11.4. The molecule has 0 spiro atoms. The Morgan fingerprint density at radius 2 is 2.00 bits per heavy atom. The third-order valence-corrected chi connectivity index (χ3v) is 4.69. The van der Waals surface area contributed by atoms with Crippen molar-refractivity contribution in [1.82, 2.24) is 5.32 Å². The molecule has 1 heterocycles. The van der Waals surface area contributed by atoms with Crippen LogP contribution in [0.25, 0.3) is 0 Å². The van der Waals surface area contributed by atoms with E-state index < -0.39 is 9.84 Å². The van der Waals surface area contributed by atoms with Gasteiger partial charge in [0.15, 0.2) is 9.84 Å². The molecule has 1 aliphatic rings. The zero-order chi connectivity index (χ0) is 13.9. The van der Waals surface area contributed by atoms with Gasteiger partial charge in [-0.15, -0.1) is 0 Å². The van der Waals surface area contributed by atoms with Gasteiger partial charge in [-0.05, 0) is 30.0 Å². The number of sulfone groups is 1. The van der Waals surface area contributed by atoms with Crippen molar-refractivity contribution in [2.24, 2.45) is 5.92 Å². The van der Waals surface area contributed by atoms with E-state index in [0.717, 1.165) is 31.7 Å². The van der Waals surface area contributed by atoms with Crippen molar-refractivity contribution < 1.29 is 13.2 Å². The average molecular weight is 283 g/mol. The lowest BCUT2D eigenvalue weighted by Crippen LogP contribution is -2.40. The number of nitrogens with one attached hydrogen (secondary N) is 1. The Labute approximate surface area is 115 Å². The Hall–Kier alpha value is -0.910. The molecule has 4 nitrogen and oxygen atoms in total. The van der Waals surface area contributed by atoms with Gasteiger partial charge in [0.25, 0.3) is 0 Å². The van der Waals surface area contributed by atoms with E-state index in [2.05, 4.69) is 12.2 Å². The second-order valence-corrected chi connectivity index (χ2v) is 7.26. The fourth-order valence-electron chi connectivity index (χ4n) is 2.29. The summed E-state index contributed by atoms with van der Waals surface area (Å²) in [5.41, 5.74) is 1.10.